The fourth-order valence-corrected chi connectivity index (χ4v) is 2.26. The summed E-state index contributed by atoms with van der Waals surface area (Å²) in [5, 5.41) is 13.7. The molecule has 0 spiro atoms. The molecule has 1 aromatic heterocycles. The molecule has 3 aromatic rings. The Balaban J connectivity index is 1.93. The monoisotopic (exact) mass is 333 g/mol. The number of nitrogens with zero attached hydrogens (tertiary/aromatic N) is 3. The number of hydrogen-bond donors (Lipinski definition) is 2. The zero-order chi connectivity index (χ0) is 17.6. The average Bonchev–Trinajstić information content (AvgIpc) is 2.63. The Morgan fingerprint density at radius 2 is 2.16 bits per heavy atom. The van der Waals surface area contributed by atoms with Crippen molar-refractivity contribution in [3.8, 4) is 18.1 Å². The SMILES string of the molecule is C#CCOc1ccc2ccccc2c1/C=N\Nc1nnc(C)c(=O)[nH]1. The zero-order valence-corrected chi connectivity index (χ0v) is 13.5. The van der Waals surface area contributed by atoms with Crippen LogP contribution in [0.4, 0.5) is 5.95 Å². The zero-order valence-electron chi connectivity index (χ0n) is 13.5. The average molecular weight is 333 g/mol. The van der Waals surface area contributed by atoms with Crippen molar-refractivity contribution in [3.63, 3.8) is 0 Å². The molecule has 0 aliphatic carbocycles. The molecule has 0 aliphatic rings. The van der Waals surface area contributed by atoms with Crippen molar-refractivity contribution in [2.24, 2.45) is 5.10 Å². The van der Waals surface area contributed by atoms with Crippen LogP contribution in [0.5, 0.6) is 5.75 Å². The van der Waals surface area contributed by atoms with E-state index in [0.717, 1.165) is 16.3 Å². The van der Waals surface area contributed by atoms with Crippen LogP contribution in [0.25, 0.3) is 10.8 Å². The maximum absolute atomic E-state index is 11.5. The molecule has 0 saturated carbocycles. The number of nitrogens with one attached hydrogen (secondary N) is 2. The third-order valence-corrected chi connectivity index (χ3v) is 3.47. The number of hydrogen-bond acceptors (Lipinski definition) is 6. The van der Waals surface area contributed by atoms with Gasteiger partial charge in [-0.1, -0.05) is 36.3 Å². The maximum atomic E-state index is 11.5. The molecule has 0 atom stereocenters. The molecular formula is C18H15N5O2. The summed E-state index contributed by atoms with van der Waals surface area (Å²) in [6, 6.07) is 11.6. The van der Waals surface area contributed by atoms with Crippen LogP contribution in [0.15, 0.2) is 46.3 Å². The smallest absolute Gasteiger partial charge is 0.274 e. The molecule has 0 fully saturated rings. The summed E-state index contributed by atoms with van der Waals surface area (Å²) in [5.74, 6) is 3.21. The fourth-order valence-electron chi connectivity index (χ4n) is 2.26. The number of terminal acetylenes is 1. The minimum atomic E-state index is -0.323. The molecule has 124 valence electrons. The number of aromatic amines is 1. The van der Waals surface area contributed by atoms with Crippen molar-refractivity contribution < 1.29 is 4.74 Å². The van der Waals surface area contributed by atoms with E-state index in [1.807, 2.05) is 36.4 Å². The van der Waals surface area contributed by atoms with Crippen LogP contribution in [-0.4, -0.2) is 28.0 Å². The number of aryl methyl sites for hydroxylation is 1. The van der Waals surface area contributed by atoms with Crippen LogP contribution in [0.3, 0.4) is 0 Å². The van der Waals surface area contributed by atoms with Gasteiger partial charge in [0.2, 0.25) is 5.95 Å². The van der Waals surface area contributed by atoms with Gasteiger partial charge in [-0.25, -0.2) is 5.43 Å². The highest BCUT2D eigenvalue weighted by Crippen LogP contribution is 2.26. The molecule has 0 saturated heterocycles. The number of ether oxygens (including phenoxy) is 1. The summed E-state index contributed by atoms with van der Waals surface area (Å²) < 4.78 is 5.59. The summed E-state index contributed by atoms with van der Waals surface area (Å²) >= 11 is 0. The topological polar surface area (TPSA) is 92.3 Å². The standard InChI is InChI=1S/C18H15N5O2/c1-3-10-25-16-9-8-13-6-4-5-7-14(13)15(16)11-19-22-18-20-17(24)12(2)21-23-18/h1,4-9,11H,10H2,2H3,(H2,20,22,23,24)/b19-11-. The van der Waals surface area contributed by atoms with E-state index in [-0.39, 0.29) is 23.8 Å². The van der Waals surface area contributed by atoms with Crippen molar-refractivity contribution in [1.29, 1.82) is 0 Å². The van der Waals surface area contributed by atoms with Gasteiger partial charge in [0.25, 0.3) is 5.56 Å². The molecule has 25 heavy (non-hydrogen) atoms. The van der Waals surface area contributed by atoms with E-state index in [9.17, 15) is 4.79 Å². The lowest BCUT2D eigenvalue weighted by Crippen LogP contribution is -2.15. The molecular weight excluding hydrogens is 318 g/mol. The van der Waals surface area contributed by atoms with Gasteiger partial charge in [-0.15, -0.1) is 16.6 Å². The number of fused-ring (bicyclic) bond motifs is 1. The first-order chi connectivity index (χ1) is 12.2. The molecule has 7 heteroatoms. The highest BCUT2D eigenvalue weighted by molar-refractivity contribution is 6.02. The van der Waals surface area contributed by atoms with Gasteiger partial charge in [0.1, 0.15) is 18.1 Å². The Morgan fingerprint density at radius 1 is 1.32 bits per heavy atom. The van der Waals surface area contributed by atoms with Gasteiger partial charge >= 0.3 is 0 Å². The minimum Gasteiger partial charge on any atom is -0.480 e. The third kappa shape index (κ3) is 3.64. The van der Waals surface area contributed by atoms with Crippen LogP contribution in [0.2, 0.25) is 0 Å². The predicted octanol–water partition coefficient (Wildman–Crippen LogP) is 2.08. The van der Waals surface area contributed by atoms with Gasteiger partial charge in [-0.3, -0.25) is 9.78 Å². The molecule has 3 rings (SSSR count). The van der Waals surface area contributed by atoms with Crippen LogP contribution >= 0.6 is 0 Å². The van der Waals surface area contributed by atoms with Gasteiger partial charge in [0.15, 0.2) is 0 Å². The maximum Gasteiger partial charge on any atom is 0.274 e. The summed E-state index contributed by atoms with van der Waals surface area (Å²) in [7, 11) is 0. The van der Waals surface area contributed by atoms with E-state index in [2.05, 4.69) is 31.6 Å². The number of rotatable bonds is 5. The summed E-state index contributed by atoms with van der Waals surface area (Å²) in [6.45, 7) is 1.73. The Morgan fingerprint density at radius 3 is 2.96 bits per heavy atom. The molecule has 1 heterocycles. The van der Waals surface area contributed by atoms with E-state index in [0.29, 0.717) is 5.75 Å². The predicted molar refractivity (Wildman–Crippen MR) is 96.9 cm³/mol. The molecule has 0 aliphatic heterocycles. The molecule has 0 bridgehead atoms. The summed E-state index contributed by atoms with van der Waals surface area (Å²) in [5.41, 5.74) is 3.38. The highest BCUT2D eigenvalue weighted by atomic mass is 16.5. The third-order valence-electron chi connectivity index (χ3n) is 3.47. The van der Waals surface area contributed by atoms with Crippen molar-refractivity contribution >= 4 is 22.9 Å². The van der Waals surface area contributed by atoms with E-state index in [4.69, 9.17) is 11.2 Å². The number of anilines is 1. The van der Waals surface area contributed by atoms with Crippen LogP contribution in [-0.2, 0) is 0 Å². The second-order valence-corrected chi connectivity index (χ2v) is 5.15. The van der Waals surface area contributed by atoms with Crippen LogP contribution < -0.4 is 15.7 Å². The van der Waals surface area contributed by atoms with E-state index < -0.39 is 0 Å². The van der Waals surface area contributed by atoms with Gasteiger partial charge in [-0.05, 0) is 23.8 Å². The van der Waals surface area contributed by atoms with Crippen molar-refractivity contribution in [2.45, 2.75) is 6.92 Å². The Hall–Kier alpha value is -3.66. The number of hydrazone groups is 1. The van der Waals surface area contributed by atoms with Crippen molar-refractivity contribution in [1.82, 2.24) is 15.2 Å². The van der Waals surface area contributed by atoms with Gasteiger partial charge in [0.05, 0.1) is 6.21 Å². The Kier molecular flexibility index (Phi) is 4.72. The minimum absolute atomic E-state index is 0.151. The second-order valence-electron chi connectivity index (χ2n) is 5.15. The Bertz CT molecular complexity index is 1030. The number of aromatic nitrogens is 3. The molecule has 2 N–H and O–H groups in total. The molecule has 7 nitrogen and oxygen atoms in total. The van der Waals surface area contributed by atoms with Crippen LogP contribution in [0, 0.1) is 19.3 Å². The fraction of sp³-hybridized carbons (Fsp3) is 0.111. The molecule has 0 radical (unpaired) electrons. The van der Waals surface area contributed by atoms with Crippen LogP contribution in [0.1, 0.15) is 11.3 Å². The lowest BCUT2D eigenvalue weighted by molar-refractivity contribution is 0.370. The highest BCUT2D eigenvalue weighted by Gasteiger charge is 2.07. The second kappa shape index (κ2) is 7.27. The summed E-state index contributed by atoms with van der Waals surface area (Å²) in [4.78, 5) is 14.1. The Labute approximate surface area is 143 Å². The molecule has 0 amide bonds. The molecule has 0 unspecified atom stereocenters. The lowest BCUT2D eigenvalue weighted by atomic mass is 10.0. The molecule has 2 aromatic carbocycles. The van der Waals surface area contributed by atoms with Gasteiger partial charge in [-0.2, -0.15) is 5.10 Å². The van der Waals surface area contributed by atoms with E-state index in [1.165, 1.54) is 0 Å². The van der Waals surface area contributed by atoms with Gasteiger partial charge < -0.3 is 4.74 Å². The van der Waals surface area contributed by atoms with E-state index in [1.54, 1.807) is 13.1 Å². The summed E-state index contributed by atoms with van der Waals surface area (Å²) in [6.07, 6.45) is 6.86. The first kappa shape index (κ1) is 16.2. The van der Waals surface area contributed by atoms with Gasteiger partial charge in [0, 0.05) is 5.56 Å². The lowest BCUT2D eigenvalue weighted by Gasteiger charge is -2.09. The normalized spacial score (nSPS) is 10.7. The van der Waals surface area contributed by atoms with Crippen molar-refractivity contribution in [3.05, 3.63) is 58.0 Å². The number of benzene rings is 2. The van der Waals surface area contributed by atoms with Crippen molar-refractivity contribution in [2.75, 3.05) is 12.0 Å². The first-order valence-corrected chi connectivity index (χ1v) is 7.49. The quantitative estimate of drug-likeness (QED) is 0.424. The number of H-pyrrole nitrogens is 1. The van der Waals surface area contributed by atoms with E-state index >= 15 is 0 Å². The first-order valence-electron chi connectivity index (χ1n) is 7.49. The largest absolute Gasteiger partial charge is 0.480 e.